The molecule has 0 aliphatic carbocycles. The predicted octanol–water partition coefficient (Wildman–Crippen LogP) is 3.87. The molecule has 9 nitrogen and oxygen atoms in total. The van der Waals surface area contributed by atoms with E-state index in [-0.39, 0.29) is 34.1 Å². The van der Waals surface area contributed by atoms with Crippen LogP contribution in [0.1, 0.15) is 71.4 Å². The van der Waals surface area contributed by atoms with Crippen molar-refractivity contribution < 1.29 is 45.4 Å². The van der Waals surface area contributed by atoms with Gasteiger partial charge in [0.2, 0.25) is 10.0 Å². The third-order valence-electron chi connectivity index (χ3n) is 4.48. The minimum atomic E-state index is -4.30. The van der Waals surface area contributed by atoms with E-state index in [0.29, 0.717) is 0 Å². The third-order valence-corrected chi connectivity index (χ3v) is 6.74. The number of benzene rings is 2. The number of hydrogen-bond acceptors (Lipinski definition) is 6. The van der Waals surface area contributed by atoms with Crippen LogP contribution in [0.25, 0.3) is 0 Å². The van der Waals surface area contributed by atoms with Crippen molar-refractivity contribution in [2.75, 3.05) is 0 Å². The summed E-state index contributed by atoms with van der Waals surface area (Å²) in [4.78, 5) is 20.3. The summed E-state index contributed by atoms with van der Waals surface area (Å²) in [6, 6.07) is 3.29. The van der Waals surface area contributed by atoms with Crippen LogP contribution in [0.2, 0.25) is 0 Å². The summed E-state index contributed by atoms with van der Waals surface area (Å²) in [5, 5.41) is 22.7. The second kappa shape index (κ2) is 10.8. The van der Waals surface area contributed by atoms with Gasteiger partial charge in [0.25, 0.3) is 9.05 Å². The molecule has 0 bridgehead atoms. The van der Waals surface area contributed by atoms with Crippen molar-refractivity contribution in [3.05, 3.63) is 58.2 Å². The van der Waals surface area contributed by atoms with E-state index in [9.17, 15) is 35.2 Å². The van der Waals surface area contributed by atoms with Gasteiger partial charge in [0, 0.05) is 10.7 Å². The van der Waals surface area contributed by atoms with Crippen LogP contribution < -0.4 is 5.14 Å². The molecular weight excluding hydrogens is 520 g/mol. The van der Waals surface area contributed by atoms with Gasteiger partial charge in [0.05, 0.1) is 11.1 Å². The SMILES string of the molecule is CC(C)c1cc(F)c(S(=O)(=O)Cl)cc1C(=O)O.CC(C)c1cc(F)c(S(N)(=O)=O)cc1C(=O)O. The van der Waals surface area contributed by atoms with Gasteiger partial charge in [-0.2, -0.15) is 0 Å². The molecule has 188 valence electrons. The standard InChI is InChI=1S/C10H10ClFO4S.C10H12FNO4S/c1-5(2)6-3-8(12)9(17(11,15)16)4-7(6)10(13)14;1-5(2)6-3-8(11)9(17(12,15)16)4-7(6)10(13)14/h3-5H,1-2H3,(H,13,14);3-5H,1-2H3,(H,13,14)(H2,12,15,16). The van der Waals surface area contributed by atoms with Gasteiger partial charge in [0.15, 0.2) is 0 Å². The molecule has 0 unspecified atom stereocenters. The number of carboxylic acid groups (broad SMARTS) is 2. The summed E-state index contributed by atoms with van der Waals surface area (Å²) in [7, 11) is -3.56. The van der Waals surface area contributed by atoms with Crippen molar-refractivity contribution in [1.82, 2.24) is 0 Å². The maximum atomic E-state index is 13.5. The second-order valence-electron chi connectivity index (χ2n) is 7.64. The first-order valence-electron chi connectivity index (χ1n) is 9.39. The summed E-state index contributed by atoms with van der Waals surface area (Å²) >= 11 is 0. The van der Waals surface area contributed by atoms with Crippen LogP contribution >= 0.6 is 10.7 Å². The van der Waals surface area contributed by atoms with E-state index in [1.165, 1.54) is 0 Å². The quantitative estimate of drug-likeness (QED) is 0.463. The number of carboxylic acids is 2. The van der Waals surface area contributed by atoms with Gasteiger partial charge in [-0.15, -0.1) is 0 Å². The zero-order chi connectivity index (χ0) is 26.8. The minimum absolute atomic E-state index is 0.221. The number of carbonyl (C=O) groups is 2. The molecule has 0 atom stereocenters. The molecule has 2 aromatic carbocycles. The van der Waals surface area contributed by atoms with E-state index in [0.717, 1.165) is 24.3 Å². The minimum Gasteiger partial charge on any atom is -0.478 e. The molecule has 4 N–H and O–H groups in total. The smallest absolute Gasteiger partial charge is 0.336 e. The van der Waals surface area contributed by atoms with Crippen molar-refractivity contribution in [3.63, 3.8) is 0 Å². The number of aromatic carboxylic acids is 2. The van der Waals surface area contributed by atoms with Crippen LogP contribution in [0.3, 0.4) is 0 Å². The van der Waals surface area contributed by atoms with Gasteiger partial charge >= 0.3 is 11.9 Å². The molecule has 2 aromatic rings. The summed E-state index contributed by atoms with van der Waals surface area (Å²) in [5.74, 6) is -5.23. The van der Waals surface area contributed by atoms with Crippen molar-refractivity contribution in [2.45, 2.75) is 49.3 Å². The second-order valence-corrected chi connectivity index (χ2v) is 11.7. The Kier molecular flexibility index (Phi) is 9.31. The number of halogens is 3. The average Bonchev–Trinajstić information content (AvgIpc) is 2.65. The summed E-state index contributed by atoms with van der Waals surface area (Å²) in [6.07, 6.45) is 0. The maximum Gasteiger partial charge on any atom is 0.336 e. The average molecular weight is 542 g/mol. The number of primary sulfonamides is 1. The molecule has 0 heterocycles. The van der Waals surface area contributed by atoms with Crippen molar-refractivity contribution >= 4 is 41.7 Å². The topological polar surface area (TPSA) is 169 Å². The number of hydrogen-bond donors (Lipinski definition) is 3. The molecule has 0 saturated heterocycles. The highest BCUT2D eigenvalue weighted by atomic mass is 35.7. The van der Waals surface area contributed by atoms with Crippen LogP contribution in [0.5, 0.6) is 0 Å². The Labute approximate surface area is 199 Å². The van der Waals surface area contributed by atoms with E-state index in [1.54, 1.807) is 27.7 Å². The van der Waals surface area contributed by atoms with Crippen molar-refractivity contribution in [1.29, 1.82) is 0 Å². The molecule has 0 spiro atoms. The Morgan fingerprint density at radius 2 is 1.12 bits per heavy atom. The van der Waals surface area contributed by atoms with E-state index in [2.05, 4.69) is 0 Å². The lowest BCUT2D eigenvalue weighted by Gasteiger charge is -2.11. The van der Waals surface area contributed by atoms with Gasteiger partial charge in [0.1, 0.15) is 21.4 Å². The van der Waals surface area contributed by atoms with E-state index >= 15 is 0 Å². The van der Waals surface area contributed by atoms with Crippen molar-refractivity contribution in [2.24, 2.45) is 5.14 Å². The molecule has 34 heavy (non-hydrogen) atoms. The Bertz CT molecular complexity index is 1240. The third kappa shape index (κ3) is 7.19. The van der Waals surface area contributed by atoms with E-state index in [1.807, 2.05) is 0 Å². The first-order valence-corrected chi connectivity index (χ1v) is 13.3. The monoisotopic (exact) mass is 541 g/mol. The fourth-order valence-corrected chi connectivity index (χ4v) is 4.39. The molecule has 0 radical (unpaired) electrons. The molecule has 0 amide bonds. The first kappa shape index (κ1) is 29.4. The molecule has 0 saturated carbocycles. The Morgan fingerprint density at radius 1 is 0.794 bits per heavy atom. The lowest BCUT2D eigenvalue weighted by molar-refractivity contribution is 0.0684. The predicted molar refractivity (Wildman–Crippen MR) is 119 cm³/mol. The van der Waals surface area contributed by atoms with Gasteiger partial charge in [-0.05, 0) is 47.2 Å². The molecule has 0 aliphatic heterocycles. The highest BCUT2D eigenvalue weighted by Gasteiger charge is 2.24. The van der Waals surface area contributed by atoms with E-state index in [4.69, 9.17) is 26.0 Å². The Morgan fingerprint density at radius 3 is 1.38 bits per heavy atom. The van der Waals surface area contributed by atoms with Crippen LogP contribution in [0.4, 0.5) is 8.78 Å². The van der Waals surface area contributed by atoms with Gasteiger partial charge in [-0.1, -0.05) is 27.7 Å². The van der Waals surface area contributed by atoms with Gasteiger partial charge in [-0.25, -0.2) is 40.3 Å². The van der Waals surface area contributed by atoms with Gasteiger partial charge < -0.3 is 10.2 Å². The summed E-state index contributed by atoms with van der Waals surface area (Å²) < 4.78 is 71.2. The Balaban J connectivity index is 0.000000340. The zero-order valence-corrected chi connectivity index (χ0v) is 20.7. The lowest BCUT2D eigenvalue weighted by Crippen LogP contribution is -2.16. The maximum absolute atomic E-state index is 13.5. The van der Waals surface area contributed by atoms with E-state index < -0.39 is 52.4 Å². The molecular formula is C20H22ClF2NO8S2. The van der Waals surface area contributed by atoms with Crippen LogP contribution in [0, 0.1) is 11.6 Å². The molecule has 14 heteroatoms. The van der Waals surface area contributed by atoms with Crippen LogP contribution in [-0.2, 0) is 19.1 Å². The highest BCUT2D eigenvalue weighted by molar-refractivity contribution is 8.13. The van der Waals surface area contributed by atoms with Crippen molar-refractivity contribution in [3.8, 4) is 0 Å². The van der Waals surface area contributed by atoms with Crippen LogP contribution in [-0.4, -0.2) is 39.0 Å². The number of sulfonamides is 1. The number of rotatable bonds is 6. The van der Waals surface area contributed by atoms with Gasteiger partial charge in [-0.3, -0.25) is 0 Å². The lowest BCUT2D eigenvalue weighted by atomic mass is 9.97. The summed E-state index contributed by atoms with van der Waals surface area (Å²) in [6.45, 7) is 6.71. The largest absolute Gasteiger partial charge is 0.478 e. The highest BCUT2D eigenvalue weighted by Crippen LogP contribution is 2.28. The van der Waals surface area contributed by atoms with Crippen LogP contribution in [0.15, 0.2) is 34.1 Å². The molecule has 0 fully saturated rings. The first-order chi connectivity index (χ1) is 15.3. The molecule has 0 aliphatic rings. The molecule has 2 rings (SSSR count). The Hall–Kier alpha value is -2.61. The molecule has 0 aromatic heterocycles. The fraction of sp³-hybridized carbons (Fsp3) is 0.300. The normalized spacial score (nSPS) is 11.8. The summed E-state index contributed by atoms with van der Waals surface area (Å²) in [5.41, 5.74) is -0.0764. The number of nitrogens with two attached hydrogens (primary N) is 1. The fourth-order valence-electron chi connectivity index (χ4n) is 2.87. The zero-order valence-electron chi connectivity index (χ0n) is 18.3.